The molecular weight excluding hydrogens is 527 g/mol. The maximum atomic E-state index is 12.7. The molecule has 8 nitrogen and oxygen atoms in total. The zero-order valence-corrected chi connectivity index (χ0v) is 22.4. The maximum absolute atomic E-state index is 12.7. The minimum atomic E-state index is -4.37. The zero-order chi connectivity index (χ0) is 29.0. The van der Waals surface area contributed by atoms with E-state index < -0.39 is 17.8 Å². The normalized spacial score (nSPS) is 11.4. The first kappa shape index (κ1) is 30.3. The fourth-order valence-electron chi connectivity index (χ4n) is 3.46. The Labute approximate surface area is 230 Å². The Kier molecular flexibility index (Phi) is 11.2. The number of nitrogens with zero attached hydrogens (tertiary/aromatic N) is 2. The molecule has 0 aliphatic heterocycles. The van der Waals surface area contributed by atoms with E-state index in [4.69, 9.17) is 13.9 Å². The second-order valence-corrected chi connectivity index (χ2v) is 9.13. The Balaban J connectivity index is 1.32. The van der Waals surface area contributed by atoms with Gasteiger partial charge in [0.25, 0.3) is 0 Å². The average molecular weight is 560 g/mol. The van der Waals surface area contributed by atoms with E-state index in [1.807, 2.05) is 24.3 Å². The largest absolute Gasteiger partial charge is 0.487 e. The molecule has 3 aromatic rings. The predicted octanol–water partition coefficient (Wildman–Crippen LogP) is 5.97. The van der Waals surface area contributed by atoms with Gasteiger partial charge in [0.15, 0.2) is 0 Å². The van der Waals surface area contributed by atoms with Crippen LogP contribution in [-0.4, -0.2) is 49.1 Å². The van der Waals surface area contributed by atoms with Crippen LogP contribution in [0.3, 0.4) is 0 Å². The standard InChI is InChI=1S/C29H32F3N3O5/c1-35(2)28(37)38-18-16-26(36)33-17-4-3-5-21-8-13-25(14-9-21)39-19-24-20-40-27(34-24)15-10-22-6-11-23(12-7-22)29(30,31)32/h6-15,20H,3-5,16-19H2,1-2H3,(H,33,36)/b15-10+. The van der Waals surface area contributed by atoms with E-state index in [2.05, 4.69) is 10.3 Å². The van der Waals surface area contributed by atoms with Crippen LogP contribution in [0, 0.1) is 0 Å². The quantitative estimate of drug-likeness (QED) is 0.260. The summed E-state index contributed by atoms with van der Waals surface area (Å²) in [5, 5.41) is 2.82. The molecule has 0 spiro atoms. The number of alkyl halides is 3. The lowest BCUT2D eigenvalue weighted by atomic mass is 10.1. The number of unbranched alkanes of at least 4 members (excludes halogenated alkanes) is 1. The van der Waals surface area contributed by atoms with Crippen molar-refractivity contribution in [3.8, 4) is 5.75 Å². The molecule has 0 atom stereocenters. The summed E-state index contributed by atoms with van der Waals surface area (Å²) in [6, 6.07) is 12.5. The number of hydrogen-bond acceptors (Lipinski definition) is 6. The summed E-state index contributed by atoms with van der Waals surface area (Å²) in [5.74, 6) is 0.844. The van der Waals surface area contributed by atoms with Crippen LogP contribution in [0.1, 0.15) is 47.5 Å². The molecule has 0 saturated heterocycles. The van der Waals surface area contributed by atoms with Crippen molar-refractivity contribution in [2.24, 2.45) is 0 Å². The first-order valence-electron chi connectivity index (χ1n) is 12.7. The number of amides is 2. The minimum absolute atomic E-state index is 0.0536. The van der Waals surface area contributed by atoms with Gasteiger partial charge in [0.1, 0.15) is 30.9 Å². The van der Waals surface area contributed by atoms with Crippen LogP contribution in [-0.2, 0) is 28.7 Å². The Hall–Kier alpha value is -4.28. The van der Waals surface area contributed by atoms with Gasteiger partial charge in [-0.2, -0.15) is 13.2 Å². The van der Waals surface area contributed by atoms with Gasteiger partial charge in [0, 0.05) is 26.7 Å². The first-order valence-corrected chi connectivity index (χ1v) is 12.7. The summed E-state index contributed by atoms with van der Waals surface area (Å²) in [6.45, 7) is 0.809. The van der Waals surface area contributed by atoms with Crippen molar-refractivity contribution in [1.82, 2.24) is 15.2 Å². The summed E-state index contributed by atoms with van der Waals surface area (Å²) in [5.41, 5.74) is 1.61. The molecule has 1 heterocycles. The lowest BCUT2D eigenvalue weighted by Gasteiger charge is -2.11. The summed E-state index contributed by atoms with van der Waals surface area (Å²) >= 11 is 0. The summed E-state index contributed by atoms with van der Waals surface area (Å²) in [4.78, 5) is 28.7. The Morgan fingerprint density at radius 2 is 1.75 bits per heavy atom. The van der Waals surface area contributed by atoms with Crippen molar-refractivity contribution in [2.75, 3.05) is 27.2 Å². The van der Waals surface area contributed by atoms with Crippen molar-refractivity contribution in [1.29, 1.82) is 0 Å². The Bertz CT molecular complexity index is 1250. The SMILES string of the molecule is CN(C)C(=O)OCCC(=O)NCCCCc1ccc(OCc2coc(/C=C/c3ccc(C(F)(F)F)cc3)n2)cc1. The second-order valence-electron chi connectivity index (χ2n) is 9.13. The van der Waals surface area contributed by atoms with Crippen LogP contribution in [0.25, 0.3) is 12.2 Å². The molecular formula is C29H32F3N3O5. The van der Waals surface area contributed by atoms with E-state index in [1.165, 1.54) is 23.3 Å². The molecule has 0 aliphatic carbocycles. The topological polar surface area (TPSA) is 93.9 Å². The molecule has 0 fully saturated rings. The number of rotatable bonds is 13. The fourth-order valence-corrected chi connectivity index (χ4v) is 3.46. The molecule has 11 heteroatoms. The van der Waals surface area contributed by atoms with Crippen molar-refractivity contribution in [3.05, 3.63) is 83.1 Å². The molecule has 1 N–H and O–H groups in total. The highest BCUT2D eigenvalue weighted by Gasteiger charge is 2.29. The van der Waals surface area contributed by atoms with Gasteiger partial charge >= 0.3 is 12.3 Å². The number of carbonyl (C=O) groups is 2. The van der Waals surface area contributed by atoms with E-state index >= 15 is 0 Å². The van der Waals surface area contributed by atoms with E-state index in [-0.39, 0.29) is 25.5 Å². The lowest BCUT2D eigenvalue weighted by molar-refractivity contribution is -0.137. The number of nitrogens with one attached hydrogen (secondary N) is 1. The highest BCUT2D eigenvalue weighted by molar-refractivity contribution is 5.76. The van der Waals surface area contributed by atoms with Crippen LogP contribution in [0.15, 0.2) is 59.2 Å². The van der Waals surface area contributed by atoms with Gasteiger partial charge in [-0.3, -0.25) is 4.79 Å². The van der Waals surface area contributed by atoms with Crippen LogP contribution < -0.4 is 10.1 Å². The number of halogens is 3. The molecule has 0 unspecified atom stereocenters. The van der Waals surface area contributed by atoms with Gasteiger partial charge < -0.3 is 24.1 Å². The Morgan fingerprint density at radius 3 is 2.42 bits per heavy atom. The minimum Gasteiger partial charge on any atom is -0.487 e. The van der Waals surface area contributed by atoms with E-state index in [1.54, 1.807) is 26.2 Å². The molecule has 2 aromatic carbocycles. The van der Waals surface area contributed by atoms with Crippen molar-refractivity contribution < 1.29 is 36.7 Å². The van der Waals surface area contributed by atoms with Crippen molar-refractivity contribution >= 4 is 24.2 Å². The third kappa shape index (κ3) is 10.5. The summed E-state index contributed by atoms with van der Waals surface area (Å²) in [6.07, 6.45) is 2.54. The molecule has 40 heavy (non-hydrogen) atoms. The number of carbonyl (C=O) groups excluding carboxylic acids is 2. The molecule has 1 aromatic heterocycles. The highest BCUT2D eigenvalue weighted by atomic mass is 19.4. The zero-order valence-electron chi connectivity index (χ0n) is 22.4. The van der Waals surface area contributed by atoms with Crippen LogP contribution >= 0.6 is 0 Å². The number of benzene rings is 2. The molecule has 3 rings (SSSR count). The molecule has 0 radical (unpaired) electrons. The van der Waals surface area contributed by atoms with Crippen molar-refractivity contribution in [3.63, 3.8) is 0 Å². The maximum Gasteiger partial charge on any atom is 0.416 e. The third-order valence-electron chi connectivity index (χ3n) is 5.67. The molecule has 0 saturated carbocycles. The van der Waals surface area contributed by atoms with Gasteiger partial charge in [-0.15, -0.1) is 0 Å². The average Bonchev–Trinajstić information content (AvgIpc) is 3.38. The first-order chi connectivity index (χ1) is 19.1. The number of hydrogen-bond donors (Lipinski definition) is 1. The summed E-state index contributed by atoms with van der Waals surface area (Å²) in [7, 11) is 3.16. The molecule has 214 valence electrons. The summed E-state index contributed by atoms with van der Waals surface area (Å²) < 4.78 is 54.1. The van der Waals surface area contributed by atoms with Gasteiger partial charge in [-0.25, -0.2) is 9.78 Å². The van der Waals surface area contributed by atoms with E-state index in [0.29, 0.717) is 29.4 Å². The third-order valence-corrected chi connectivity index (χ3v) is 5.67. The number of aryl methyl sites for hydroxylation is 1. The van der Waals surface area contributed by atoms with Gasteiger partial charge in [0.2, 0.25) is 11.8 Å². The van der Waals surface area contributed by atoms with Crippen LogP contribution in [0.4, 0.5) is 18.0 Å². The number of ether oxygens (including phenoxy) is 2. The predicted molar refractivity (Wildman–Crippen MR) is 143 cm³/mol. The van der Waals surface area contributed by atoms with Crippen molar-refractivity contribution in [2.45, 2.75) is 38.5 Å². The van der Waals surface area contributed by atoms with E-state index in [0.717, 1.165) is 37.0 Å². The van der Waals surface area contributed by atoms with Gasteiger partial charge in [-0.05, 0) is 60.7 Å². The lowest BCUT2D eigenvalue weighted by Crippen LogP contribution is -2.28. The van der Waals surface area contributed by atoms with Crippen LogP contribution in [0.5, 0.6) is 5.75 Å². The van der Waals surface area contributed by atoms with E-state index in [9.17, 15) is 22.8 Å². The molecule has 0 aliphatic rings. The van der Waals surface area contributed by atoms with Crippen LogP contribution in [0.2, 0.25) is 0 Å². The highest BCUT2D eigenvalue weighted by Crippen LogP contribution is 2.29. The number of aromatic nitrogens is 1. The fraction of sp³-hybridized carbons (Fsp3) is 0.345. The Morgan fingerprint density at radius 1 is 1.02 bits per heavy atom. The molecule has 2 amide bonds. The second kappa shape index (κ2) is 14.8. The molecule has 0 bridgehead atoms. The van der Waals surface area contributed by atoms with Gasteiger partial charge in [-0.1, -0.05) is 24.3 Å². The van der Waals surface area contributed by atoms with Gasteiger partial charge in [0.05, 0.1) is 12.0 Å². The number of oxazole rings is 1. The monoisotopic (exact) mass is 559 g/mol. The smallest absolute Gasteiger partial charge is 0.416 e.